The van der Waals surface area contributed by atoms with Crippen LogP contribution in [0.5, 0.6) is 5.75 Å². The Bertz CT molecular complexity index is 917. The molecule has 0 saturated carbocycles. The Labute approximate surface area is 179 Å². The molecule has 4 N–H and O–H groups in total. The second kappa shape index (κ2) is 10.3. The molecule has 0 saturated heterocycles. The number of phenolic OH excluding ortho intramolecular Hbond substituents is 1. The Hall–Kier alpha value is -2.13. The molecular weight excluding hydrogens is 402 g/mol. The van der Waals surface area contributed by atoms with E-state index >= 15 is 0 Å². The predicted molar refractivity (Wildman–Crippen MR) is 120 cm³/mol. The van der Waals surface area contributed by atoms with E-state index in [9.17, 15) is 18.6 Å². The van der Waals surface area contributed by atoms with Gasteiger partial charge in [0.15, 0.2) is 0 Å². The van der Waals surface area contributed by atoms with E-state index in [1.807, 2.05) is 44.2 Å². The highest BCUT2D eigenvalue weighted by atomic mass is 32.2. The summed E-state index contributed by atoms with van der Waals surface area (Å²) >= 11 is 0. The average Bonchev–Trinajstić information content (AvgIpc) is 2.67. The highest BCUT2D eigenvalue weighted by molar-refractivity contribution is 7.89. The van der Waals surface area contributed by atoms with Crippen LogP contribution < -0.4 is 10.6 Å². The summed E-state index contributed by atoms with van der Waals surface area (Å²) in [6, 6.07) is 13.1. The monoisotopic (exact) mass is 435 g/mol. The van der Waals surface area contributed by atoms with Gasteiger partial charge >= 0.3 is 0 Å². The van der Waals surface area contributed by atoms with Crippen LogP contribution >= 0.6 is 0 Å². The van der Waals surface area contributed by atoms with Gasteiger partial charge in [-0.2, -0.15) is 4.31 Å². The van der Waals surface area contributed by atoms with E-state index in [1.165, 1.54) is 22.5 Å². The van der Waals surface area contributed by atoms with Gasteiger partial charge in [0.2, 0.25) is 10.0 Å². The summed E-state index contributed by atoms with van der Waals surface area (Å²) in [5.74, 6) is 0.0574. The van der Waals surface area contributed by atoms with Crippen molar-refractivity contribution in [3.05, 3.63) is 54.1 Å². The van der Waals surface area contributed by atoms with Crippen LogP contribution in [0.1, 0.15) is 19.4 Å². The molecule has 0 bridgehead atoms. The molecule has 0 spiro atoms. The topological polar surface area (TPSA) is 107 Å². The number of aliphatic hydroxyl groups excluding tert-OH is 1. The lowest BCUT2D eigenvalue weighted by molar-refractivity contribution is 0.116. The van der Waals surface area contributed by atoms with Gasteiger partial charge in [-0.15, -0.1) is 0 Å². The van der Waals surface area contributed by atoms with E-state index in [0.717, 1.165) is 5.56 Å². The quantitative estimate of drug-likeness (QED) is 0.527. The summed E-state index contributed by atoms with van der Waals surface area (Å²) in [5.41, 5.74) is 7.57. The first-order valence-corrected chi connectivity index (χ1v) is 11.4. The average molecular weight is 436 g/mol. The van der Waals surface area contributed by atoms with Crippen molar-refractivity contribution in [2.45, 2.75) is 37.3 Å². The van der Waals surface area contributed by atoms with Crippen LogP contribution in [0, 0.1) is 5.92 Å². The highest BCUT2D eigenvalue weighted by Gasteiger charge is 2.30. The fourth-order valence-corrected chi connectivity index (χ4v) is 4.86. The number of hydrogen-bond acceptors (Lipinski definition) is 6. The minimum absolute atomic E-state index is 0.000669. The van der Waals surface area contributed by atoms with Crippen LogP contribution in [0.15, 0.2) is 53.4 Å². The number of hydrogen-bond donors (Lipinski definition) is 3. The SMILES string of the molecule is CC(C)CN(CC(O)C(N)Cc1ccccc1)S(=O)(=O)c1ccc(O)c(N(C)C)c1. The van der Waals surface area contributed by atoms with Crippen molar-refractivity contribution in [2.24, 2.45) is 11.7 Å². The zero-order valence-electron chi connectivity index (χ0n) is 18.1. The Morgan fingerprint density at radius 3 is 2.23 bits per heavy atom. The van der Waals surface area contributed by atoms with Crippen molar-refractivity contribution in [2.75, 3.05) is 32.1 Å². The predicted octanol–water partition coefficient (Wildman–Crippen LogP) is 2.04. The molecule has 2 atom stereocenters. The number of aliphatic hydroxyl groups is 1. The molecule has 0 aromatic heterocycles. The molecule has 8 heteroatoms. The minimum atomic E-state index is -3.89. The van der Waals surface area contributed by atoms with Crippen LogP contribution in [0.4, 0.5) is 5.69 Å². The first kappa shape index (κ1) is 24.1. The van der Waals surface area contributed by atoms with E-state index in [0.29, 0.717) is 12.1 Å². The molecule has 2 aromatic carbocycles. The van der Waals surface area contributed by atoms with Gasteiger partial charge < -0.3 is 20.8 Å². The molecule has 0 aliphatic heterocycles. The van der Waals surface area contributed by atoms with Gasteiger partial charge in [0.25, 0.3) is 0 Å². The number of aromatic hydroxyl groups is 1. The summed E-state index contributed by atoms with van der Waals surface area (Å²) in [7, 11) is -0.439. The summed E-state index contributed by atoms with van der Waals surface area (Å²) in [4.78, 5) is 1.71. The molecule has 0 amide bonds. The molecule has 0 radical (unpaired) electrons. The second-order valence-corrected chi connectivity index (χ2v) is 10.1. The molecule has 0 aliphatic rings. The van der Waals surface area contributed by atoms with E-state index in [4.69, 9.17) is 5.73 Å². The lowest BCUT2D eigenvalue weighted by atomic mass is 10.0. The van der Waals surface area contributed by atoms with E-state index in [-0.39, 0.29) is 29.7 Å². The van der Waals surface area contributed by atoms with Crippen LogP contribution in [-0.2, 0) is 16.4 Å². The van der Waals surface area contributed by atoms with Gasteiger partial charge in [0.1, 0.15) is 5.75 Å². The van der Waals surface area contributed by atoms with E-state index in [2.05, 4.69) is 0 Å². The molecule has 2 rings (SSSR count). The third kappa shape index (κ3) is 6.18. The summed E-state index contributed by atoms with van der Waals surface area (Å²) in [6.07, 6.45) is -0.578. The van der Waals surface area contributed by atoms with Crippen molar-refractivity contribution in [3.63, 3.8) is 0 Å². The van der Waals surface area contributed by atoms with Gasteiger partial charge in [-0.1, -0.05) is 44.2 Å². The lowest BCUT2D eigenvalue weighted by Crippen LogP contribution is -2.47. The highest BCUT2D eigenvalue weighted by Crippen LogP contribution is 2.30. The maximum Gasteiger partial charge on any atom is 0.243 e. The zero-order valence-corrected chi connectivity index (χ0v) is 18.9. The summed E-state index contributed by atoms with van der Waals surface area (Å²) in [5, 5.41) is 20.7. The van der Waals surface area contributed by atoms with Crippen molar-refractivity contribution in [1.29, 1.82) is 0 Å². The van der Waals surface area contributed by atoms with Crippen molar-refractivity contribution >= 4 is 15.7 Å². The number of anilines is 1. The van der Waals surface area contributed by atoms with Crippen molar-refractivity contribution in [3.8, 4) is 5.75 Å². The third-order valence-electron chi connectivity index (χ3n) is 4.83. The van der Waals surface area contributed by atoms with Crippen LogP contribution in [0.25, 0.3) is 0 Å². The van der Waals surface area contributed by atoms with Gasteiger partial charge in [0.05, 0.1) is 16.7 Å². The van der Waals surface area contributed by atoms with Gasteiger partial charge in [-0.05, 0) is 36.1 Å². The van der Waals surface area contributed by atoms with E-state index < -0.39 is 22.2 Å². The summed E-state index contributed by atoms with van der Waals surface area (Å²) in [6.45, 7) is 3.98. The number of benzene rings is 2. The normalized spacial score (nSPS) is 14.1. The maximum absolute atomic E-state index is 13.3. The first-order valence-electron chi connectivity index (χ1n) is 10.0. The lowest BCUT2D eigenvalue weighted by Gasteiger charge is -2.29. The minimum Gasteiger partial charge on any atom is -0.506 e. The summed E-state index contributed by atoms with van der Waals surface area (Å²) < 4.78 is 28.0. The zero-order chi connectivity index (χ0) is 22.5. The standard InChI is InChI=1S/C22H33N3O4S/c1-16(2)14-25(15-22(27)19(23)12-17-8-6-5-7-9-17)30(28,29)18-10-11-21(26)20(13-18)24(3)4/h5-11,13,16,19,22,26-27H,12,14-15,23H2,1-4H3. The largest absolute Gasteiger partial charge is 0.506 e. The van der Waals surface area contributed by atoms with Crippen molar-refractivity contribution < 1.29 is 18.6 Å². The van der Waals surface area contributed by atoms with E-state index in [1.54, 1.807) is 19.0 Å². The van der Waals surface area contributed by atoms with Gasteiger partial charge in [-0.25, -0.2) is 8.42 Å². The second-order valence-electron chi connectivity index (χ2n) is 8.18. The Kier molecular flexibility index (Phi) is 8.25. The van der Waals surface area contributed by atoms with Gasteiger partial charge in [0, 0.05) is 33.2 Å². The van der Waals surface area contributed by atoms with Gasteiger partial charge in [-0.3, -0.25) is 0 Å². The van der Waals surface area contributed by atoms with Crippen LogP contribution in [0.3, 0.4) is 0 Å². The first-order chi connectivity index (χ1) is 14.0. The Balaban J connectivity index is 2.26. The molecule has 7 nitrogen and oxygen atoms in total. The molecule has 0 fully saturated rings. The van der Waals surface area contributed by atoms with Crippen molar-refractivity contribution in [1.82, 2.24) is 4.31 Å². The molecule has 0 aliphatic carbocycles. The van der Waals surface area contributed by atoms with Crippen LogP contribution in [-0.4, -0.2) is 62.3 Å². The Morgan fingerprint density at radius 2 is 1.67 bits per heavy atom. The number of nitrogens with two attached hydrogens (primary N) is 1. The maximum atomic E-state index is 13.3. The molecule has 30 heavy (non-hydrogen) atoms. The van der Waals surface area contributed by atoms with Crippen LogP contribution in [0.2, 0.25) is 0 Å². The fraction of sp³-hybridized carbons (Fsp3) is 0.455. The molecule has 2 aromatic rings. The molecule has 0 heterocycles. The molecular formula is C22H33N3O4S. The molecule has 166 valence electrons. The smallest absolute Gasteiger partial charge is 0.243 e. The number of rotatable bonds is 10. The third-order valence-corrected chi connectivity index (χ3v) is 6.66. The number of nitrogens with zero attached hydrogens (tertiary/aromatic N) is 2. The number of sulfonamides is 1. The fourth-order valence-electron chi connectivity index (χ4n) is 3.22. The number of phenols is 1. The Morgan fingerprint density at radius 1 is 1.03 bits per heavy atom. The molecule has 2 unspecified atom stereocenters.